The molecule has 0 aliphatic heterocycles. The number of carbonyl (C=O) groups is 1. The Morgan fingerprint density at radius 2 is 1.70 bits per heavy atom. The third-order valence-corrected chi connectivity index (χ3v) is 6.04. The van der Waals surface area contributed by atoms with E-state index in [1.165, 1.54) is 16.7 Å². The lowest BCUT2D eigenvalue weighted by Crippen LogP contribution is -2.36. The Balaban J connectivity index is 2.03. The van der Waals surface area contributed by atoms with Gasteiger partial charge < -0.3 is 4.90 Å². The van der Waals surface area contributed by atoms with Gasteiger partial charge in [0.2, 0.25) is 0 Å². The molecule has 0 atom stereocenters. The third-order valence-electron chi connectivity index (χ3n) is 4.81. The number of nitrogens with zero attached hydrogens (tertiary/aromatic N) is 3. The van der Waals surface area contributed by atoms with Gasteiger partial charge in [0.15, 0.2) is 5.13 Å². The van der Waals surface area contributed by atoms with Gasteiger partial charge in [-0.1, -0.05) is 23.5 Å². The highest BCUT2D eigenvalue weighted by molar-refractivity contribution is 7.22. The van der Waals surface area contributed by atoms with E-state index in [0.717, 1.165) is 27.5 Å². The zero-order valence-electron chi connectivity index (χ0n) is 17.0. The van der Waals surface area contributed by atoms with Crippen molar-refractivity contribution in [2.75, 3.05) is 32.1 Å². The highest BCUT2D eigenvalue weighted by atomic mass is 32.1. The van der Waals surface area contributed by atoms with E-state index in [0.29, 0.717) is 12.1 Å². The Hall–Kier alpha value is -2.24. The molecule has 3 aromatic rings. The molecule has 0 unspecified atom stereocenters. The van der Waals surface area contributed by atoms with Crippen LogP contribution in [0.15, 0.2) is 30.3 Å². The Kier molecular flexibility index (Phi) is 5.63. The van der Waals surface area contributed by atoms with Crippen LogP contribution in [0.1, 0.15) is 32.6 Å². The zero-order chi connectivity index (χ0) is 19.7. The van der Waals surface area contributed by atoms with Crippen LogP contribution in [-0.2, 0) is 0 Å². The second-order valence-electron chi connectivity index (χ2n) is 7.49. The first-order valence-electron chi connectivity index (χ1n) is 9.18. The number of thiazole rings is 1. The molecule has 1 aromatic heterocycles. The predicted molar refractivity (Wildman–Crippen MR) is 115 cm³/mol. The maximum atomic E-state index is 13.3. The van der Waals surface area contributed by atoms with Gasteiger partial charge in [0.05, 0.1) is 10.2 Å². The first kappa shape index (κ1) is 19.5. The van der Waals surface area contributed by atoms with E-state index in [1.807, 2.05) is 44.1 Å². The SMILES string of the molecule is Cc1cc(C)c2sc(N(CCN(C)C)C(=O)c3ccc(C)c(C)c3)nc2c1. The van der Waals surface area contributed by atoms with Crippen LogP contribution in [-0.4, -0.2) is 43.0 Å². The number of hydrogen-bond donors (Lipinski definition) is 0. The first-order chi connectivity index (χ1) is 12.8. The second kappa shape index (κ2) is 7.79. The van der Waals surface area contributed by atoms with Crippen molar-refractivity contribution in [3.8, 4) is 0 Å². The Morgan fingerprint density at radius 1 is 0.963 bits per heavy atom. The molecule has 1 heterocycles. The lowest BCUT2D eigenvalue weighted by Gasteiger charge is -2.22. The average Bonchev–Trinajstić information content (AvgIpc) is 3.01. The van der Waals surface area contributed by atoms with Gasteiger partial charge in [0.25, 0.3) is 5.91 Å². The number of carbonyl (C=O) groups excluding carboxylic acids is 1. The summed E-state index contributed by atoms with van der Waals surface area (Å²) in [6.45, 7) is 9.68. The number of fused-ring (bicyclic) bond motifs is 1. The van der Waals surface area contributed by atoms with Crippen molar-refractivity contribution in [2.45, 2.75) is 27.7 Å². The second-order valence-corrected chi connectivity index (χ2v) is 8.46. The van der Waals surface area contributed by atoms with Gasteiger partial charge in [-0.15, -0.1) is 0 Å². The summed E-state index contributed by atoms with van der Waals surface area (Å²) in [6.07, 6.45) is 0. The Bertz CT molecular complexity index is 991. The molecule has 0 aliphatic carbocycles. The smallest absolute Gasteiger partial charge is 0.260 e. The summed E-state index contributed by atoms with van der Waals surface area (Å²) in [4.78, 5) is 22.0. The van der Waals surface area contributed by atoms with E-state index in [4.69, 9.17) is 4.98 Å². The Labute approximate surface area is 165 Å². The fourth-order valence-corrected chi connectivity index (χ4v) is 4.13. The highest BCUT2D eigenvalue weighted by Crippen LogP contribution is 2.32. The zero-order valence-corrected chi connectivity index (χ0v) is 17.8. The lowest BCUT2D eigenvalue weighted by atomic mass is 10.1. The molecule has 0 spiro atoms. The van der Waals surface area contributed by atoms with Crippen molar-refractivity contribution >= 4 is 32.6 Å². The summed E-state index contributed by atoms with van der Waals surface area (Å²) < 4.78 is 1.15. The number of likely N-dealkylation sites (N-methyl/N-ethyl adjacent to an activating group) is 1. The number of amides is 1. The summed E-state index contributed by atoms with van der Waals surface area (Å²) >= 11 is 1.60. The molecule has 0 fully saturated rings. The maximum Gasteiger partial charge on any atom is 0.260 e. The molecule has 0 N–H and O–H groups in total. The van der Waals surface area contributed by atoms with E-state index in [1.54, 1.807) is 11.3 Å². The quantitative estimate of drug-likeness (QED) is 0.640. The normalized spacial score (nSPS) is 11.4. The molecule has 1 amide bonds. The van der Waals surface area contributed by atoms with Crippen molar-refractivity contribution in [3.05, 3.63) is 58.1 Å². The summed E-state index contributed by atoms with van der Waals surface area (Å²) in [7, 11) is 4.04. The van der Waals surface area contributed by atoms with Crippen molar-refractivity contribution in [3.63, 3.8) is 0 Å². The van der Waals surface area contributed by atoms with Crippen LogP contribution in [0.4, 0.5) is 5.13 Å². The Morgan fingerprint density at radius 3 is 2.37 bits per heavy atom. The van der Waals surface area contributed by atoms with Crippen LogP contribution in [0.2, 0.25) is 0 Å². The van der Waals surface area contributed by atoms with E-state index < -0.39 is 0 Å². The molecule has 0 radical (unpaired) electrons. The molecule has 0 saturated carbocycles. The molecule has 27 heavy (non-hydrogen) atoms. The highest BCUT2D eigenvalue weighted by Gasteiger charge is 2.22. The largest absolute Gasteiger partial charge is 0.308 e. The van der Waals surface area contributed by atoms with Gasteiger partial charge in [-0.25, -0.2) is 4.98 Å². The number of benzene rings is 2. The minimum atomic E-state index is 0.00776. The molecule has 5 heteroatoms. The van der Waals surface area contributed by atoms with Gasteiger partial charge in [0, 0.05) is 18.7 Å². The number of aryl methyl sites for hydroxylation is 4. The molecule has 0 saturated heterocycles. The first-order valence-corrected chi connectivity index (χ1v) is 9.99. The number of anilines is 1. The van der Waals surface area contributed by atoms with E-state index in [-0.39, 0.29) is 5.91 Å². The standard InChI is InChI=1S/C22H27N3OS/c1-14-11-17(4)20-19(12-14)23-22(27-20)25(10-9-24(5)6)21(26)18-8-7-15(2)16(3)13-18/h7-8,11-13H,9-10H2,1-6H3. The average molecular weight is 382 g/mol. The molecule has 142 valence electrons. The minimum Gasteiger partial charge on any atom is -0.308 e. The van der Waals surface area contributed by atoms with Crippen LogP contribution in [0.3, 0.4) is 0 Å². The van der Waals surface area contributed by atoms with Crippen LogP contribution in [0.5, 0.6) is 0 Å². The molecular weight excluding hydrogens is 354 g/mol. The molecular formula is C22H27N3OS. The van der Waals surface area contributed by atoms with Crippen molar-refractivity contribution < 1.29 is 4.79 Å². The molecule has 3 rings (SSSR count). The topological polar surface area (TPSA) is 36.4 Å². The van der Waals surface area contributed by atoms with Crippen LogP contribution in [0, 0.1) is 27.7 Å². The summed E-state index contributed by atoms with van der Waals surface area (Å²) in [5.41, 5.74) is 6.40. The third kappa shape index (κ3) is 4.20. The van der Waals surface area contributed by atoms with E-state index in [9.17, 15) is 4.79 Å². The monoisotopic (exact) mass is 381 g/mol. The number of hydrogen-bond acceptors (Lipinski definition) is 4. The molecule has 0 bridgehead atoms. The minimum absolute atomic E-state index is 0.00776. The van der Waals surface area contributed by atoms with Crippen molar-refractivity contribution in [1.82, 2.24) is 9.88 Å². The predicted octanol–water partition coefficient (Wildman–Crippen LogP) is 4.74. The number of rotatable bonds is 5. The van der Waals surface area contributed by atoms with Gasteiger partial charge in [-0.2, -0.15) is 0 Å². The van der Waals surface area contributed by atoms with Gasteiger partial charge in [-0.3, -0.25) is 9.69 Å². The van der Waals surface area contributed by atoms with Crippen LogP contribution >= 0.6 is 11.3 Å². The molecule has 0 aliphatic rings. The van der Waals surface area contributed by atoms with Crippen LogP contribution < -0.4 is 4.90 Å². The fourth-order valence-electron chi connectivity index (χ4n) is 3.09. The lowest BCUT2D eigenvalue weighted by molar-refractivity contribution is 0.0985. The summed E-state index contributed by atoms with van der Waals surface area (Å²) in [5, 5.41) is 0.767. The van der Waals surface area contributed by atoms with Gasteiger partial charge in [-0.05, 0) is 82.2 Å². The summed E-state index contributed by atoms with van der Waals surface area (Å²) in [6, 6.07) is 10.2. The summed E-state index contributed by atoms with van der Waals surface area (Å²) in [5.74, 6) is 0.00776. The maximum absolute atomic E-state index is 13.3. The van der Waals surface area contributed by atoms with E-state index in [2.05, 4.69) is 37.8 Å². The molecule has 2 aromatic carbocycles. The van der Waals surface area contributed by atoms with Crippen molar-refractivity contribution in [2.24, 2.45) is 0 Å². The van der Waals surface area contributed by atoms with Crippen LogP contribution in [0.25, 0.3) is 10.2 Å². The molecule has 4 nitrogen and oxygen atoms in total. The van der Waals surface area contributed by atoms with Gasteiger partial charge in [0.1, 0.15) is 0 Å². The van der Waals surface area contributed by atoms with Gasteiger partial charge >= 0.3 is 0 Å². The van der Waals surface area contributed by atoms with Crippen molar-refractivity contribution in [1.29, 1.82) is 0 Å². The fraction of sp³-hybridized carbons (Fsp3) is 0.364. The van der Waals surface area contributed by atoms with E-state index >= 15 is 0 Å². The number of aromatic nitrogens is 1.